The van der Waals surface area contributed by atoms with Gasteiger partial charge < -0.3 is 4.98 Å². The highest BCUT2D eigenvalue weighted by atomic mass is 32.2. The van der Waals surface area contributed by atoms with Gasteiger partial charge in [-0.25, -0.2) is 9.71 Å². The fourth-order valence-electron chi connectivity index (χ4n) is 4.97. The zero-order valence-electron chi connectivity index (χ0n) is 16.5. The Hall–Kier alpha value is -2.04. The van der Waals surface area contributed by atoms with Gasteiger partial charge in [0.25, 0.3) is 10.2 Å². The molecule has 5 rings (SSSR count). The molecule has 1 aliphatic heterocycles. The van der Waals surface area contributed by atoms with Gasteiger partial charge in [-0.05, 0) is 38.2 Å². The second kappa shape index (κ2) is 7.33. The summed E-state index contributed by atoms with van der Waals surface area (Å²) in [6, 6.07) is 1.99. The zero-order chi connectivity index (χ0) is 19.9. The van der Waals surface area contributed by atoms with E-state index >= 15 is 0 Å². The SMILES string of the molecule is O=S(=O)(NCCC1(c2nnc3cnc4[nH]ccc4n23)CCCCC1)N1CCCC1. The van der Waals surface area contributed by atoms with Crippen molar-refractivity contribution in [3.63, 3.8) is 0 Å². The fourth-order valence-corrected chi connectivity index (χ4v) is 6.25. The van der Waals surface area contributed by atoms with Crippen molar-refractivity contribution >= 4 is 27.0 Å². The van der Waals surface area contributed by atoms with E-state index in [2.05, 4.69) is 29.3 Å². The quantitative estimate of drug-likeness (QED) is 0.639. The number of H-pyrrole nitrogens is 1. The highest BCUT2D eigenvalue weighted by Crippen LogP contribution is 2.41. The summed E-state index contributed by atoms with van der Waals surface area (Å²) in [4.78, 5) is 7.57. The van der Waals surface area contributed by atoms with Gasteiger partial charge in [0.1, 0.15) is 5.82 Å². The molecular formula is C19H27N7O2S. The molecule has 1 saturated carbocycles. The Morgan fingerprint density at radius 1 is 1.10 bits per heavy atom. The van der Waals surface area contributed by atoms with Crippen molar-refractivity contribution in [2.75, 3.05) is 19.6 Å². The minimum absolute atomic E-state index is 0.184. The lowest BCUT2D eigenvalue weighted by atomic mass is 9.71. The van der Waals surface area contributed by atoms with Crippen LogP contribution in [-0.2, 0) is 15.6 Å². The van der Waals surface area contributed by atoms with Crippen LogP contribution in [0.2, 0.25) is 0 Å². The second-order valence-electron chi connectivity index (χ2n) is 8.28. The van der Waals surface area contributed by atoms with Crippen molar-refractivity contribution in [3.8, 4) is 0 Å². The van der Waals surface area contributed by atoms with Crippen LogP contribution >= 0.6 is 0 Å². The number of hydrogen-bond acceptors (Lipinski definition) is 5. The Balaban J connectivity index is 1.46. The first-order valence-electron chi connectivity index (χ1n) is 10.5. The molecule has 3 aromatic heterocycles. The van der Waals surface area contributed by atoms with E-state index in [4.69, 9.17) is 0 Å². The number of rotatable bonds is 6. The molecule has 1 saturated heterocycles. The van der Waals surface area contributed by atoms with Crippen LogP contribution in [0, 0.1) is 0 Å². The van der Waals surface area contributed by atoms with Crippen LogP contribution in [0.1, 0.15) is 57.2 Å². The summed E-state index contributed by atoms with van der Waals surface area (Å²) in [5.41, 5.74) is 2.32. The molecule has 29 heavy (non-hydrogen) atoms. The molecule has 1 aliphatic carbocycles. The Kier molecular flexibility index (Phi) is 4.79. The Morgan fingerprint density at radius 3 is 2.69 bits per heavy atom. The lowest BCUT2D eigenvalue weighted by Crippen LogP contribution is -2.42. The van der Waals surface area contributed by atoms with E-state index in [1.807, 2.05) is 12.3 Å². The topological polar surface area (TPSA) is 108 Å². The van der Waals surface area contributed by atoms with Crippen LogP contribution in [0.3, 0.4) is 0 Å². The van der Waals surface area contributed by atoms with Crippen molar-refractivity contribution in [2.45, 2.75) is 56.8 Å². The van der Waals surface area contributed by atoms with Crippen molar-refractivity contribution in [2.24, 2.45) is 0 Å². The molecule has 0 bridgehead atoms. The van der Waals surface area contributed by atoms with E-state index in [0.717, 1.165) is 67.6 Å². The first-order valence-corrected chi connectivity index (χ1v) is 12.0. The summed E-state index contributed by atoms with van der Waals surface area (Å²) in [5, 5.41) is 8.96. The van der Waals surface area contributed by atoms with Gasteiger partial charge in [-0.1, -0.05) is 19.3 Å². The molecule has 3 aromatic rings. The van der Waals surface area contributed by atoms with Crippen LogP contribution in [-0.4, -0.2) is 56.9 Å². The summed E-state index contributed by atoms with van der Waals surface area (Å²) in [6.07, 6.45) is 11.6. The number of nitrogens with zero attached hydrogens (tertiary/aromatic N) is 5. The van der Waals surface area contributed by atoms with E-state index in [9.17, 15) is 8.42 Å². The molecular weight excluding hydrogens is 390 g/mol. The summed E-state index contributed by atoms with van der Waals surface area (Å²) in [5.74, 6) is 0.930. The van der Waals surface area contributed by atoms with Gasteiger partial charge in [-0.2, -0.15) is 12.7 Å². The van der Waals surface area contributed by atoms with Crippen molar-refractivity contribution in [3.05, 3.63) is 24.3 Å². The van der Waals surface area contributed by atoms with Crippen LogP contribution in [0.15, 0.2) is 18.5 Å². The average Bonchev–Trinajstić information content (AvgIpc) is 3.47. The molecule has 0 spiro atoms. The number of aromatic amines is 1. The molecule has 0 aromatic carbocycles. The number of hydrogen-bond donors (Lipinski definition) is 2. The minimum Gasteiger partial charge on any atom is -0.345 e. The van der Waals surface area contributed by atoms with Gasteiger partial charge in [-0.3, -0.25) is 4.40 Å². The molecule has 2 fully saturated rings. The van der Waals surface area contributed by atoms with E-state index in [-0.39, 0.29) is 5.41 Å². The second-order valence-corrected chi connectivity index (χ2v) is 10.0. The van der Waals surface area contributed by atoms with Crippen LogP contribution in [0.25, 0.3) is 16.8 Å². The van der Waals surface area contributed by atoms with E-state index in [1.54, 1.807) is 10.5 Å². The van der Waals surface area contributed by atoms with E-state index < -0.39 is 10.2 Å². The zero-order valence-corrected chi connectivity index (χ0v) is 17.3. The van der Waals surface area contributed by atoms with Gasteiger partial charge in [-0.15, -0.1) is 10.2 Å². The third-order valence-electron chi connectivity index (χ3n) is 6.52. The van der Waals surface area contributed by atoms with Crippen molar-refractivity contribution < 1.29 is 8.42 Å². The molecule has 9 nitrogen and oxygen atoms in total. The number of fused-ring (bicyclic) bond motifs is 3. The summed E-state index contributed by atoms with van der Waals surface area (Å²) >= 11 is 0. The van der Waals surface area contributed by atoms with Gasteiger partial charge in [0.2, 0.25) is 0 Å². The van der Waals surface area contributed by atoms with Gasteiger partial charge in [0.05, 0.1) is 11.7 Å². The molecule has 156 valence electrons. The number of aromatic nitrogens is 5. The third kappa shape index (κ3) is 3.32. The van der Waals surface area contributed by atoms with Crippen molar-refractivity contribution in [1.29, 1.82) is 0 Å². The first-order chi connectivity index (χ1) is 14.1. The molecule has 4 heterocycles. The smallest absolute Gasteiger partial charge is 0.279 e. The van der Waals surface area contributed by atoms with Crippen LogP contribution in [0.5, 0.6) is 0 Å². The Bertz CT molecular complexity index is 1110. The average molecular weight is 418 g/mol. The lowest BCUT2D eigenvalue weighted by molar-refractivity contribution is 0.259. The predicted octanol–water partition coefficient (Wildman–Crippen LogP) is 2.13. The predicted molar refractivity (Wildman–Crippen MR) is 110 cm³/mol. The monoisotopic (exact) mass is 417 g/mol. The Morgan fingerprint density at radius 2 is 1.90 bits per heavy atom. The van der Waals surface area contributed by atoms with E-state index in [0.29, 0.717) is 19.6 Å². The molecule has 10 heteroatoms. The van der Waals surface area contributed by atoms with Gasteiger partial charge >= 0.3 is 0 Å². The minimum atomic E-state index is -3.40. The maximum absolute atomic E-state index is 12.6. The molecule has 0 radical (unpaired) electrons. The normalized spacial score (nSPS) is 20.7. The Labute approximate surface area is 170 Å². The molecule has 2 N–H and O–H groups in total. The van der Waals surface area contributed by atoms with Crippen molar-refractivity contribution in [1.82, 2.24) is 33.6 Å². The maximum Gasteiger partial charge on any atom is 0.279 e. The summed E-state index contributed by atoms with van der Waals surface area (Å²) < 4.78 is 31.7. The van der Waals surface area contributed by atoms with Crippen LogP contribution < -0.4 is 4.72 Å². The highest BCUT2D eigenvalue weighted by molar-refractivity contribution is 7.87. The lowest BCUT2D eigenvalue weighted by Gasteiger charge is -2.36. The van der Waals surface area contributed by atoms with Gasteiger partial charge in [0, 0.05) is 31.2 Å². The largest absolute Gasteiger partial charge is 0.345 e. The molecule has 0 unspecified atom stereocenters. The standard InChI is InChI=1S/C19H27N7O2S/c27-29(28,25-12-4-5-13-25)22-11-9-19(7-2-1-3-8-19)18-24-23-16-14-21-17-15(26(16)18)6-10-20-17/h6,10,14,20,22H,1-5,7-9,11-13H2. The first kappa shape index (κ1) is 19.0. The summed E-state index contributed by atoms with van der Waals surface area (Å²) in [6.45, 7) is 1.65. The molecule has 0 atom stereocenters. The van der Waals surface area contributed by atoms with E-state index in [1.165, 1.54) is 6.42 Å². The molecule has 2 aliphatic rings. The molecule has 0 amide bonds. The van der Waals surface area contributed by atoms with Gasteiger partial charge in [0.15, 0.2) is 11.3 Å². The fraction of sp³-hybridized carbons (Fsp3) is 0.632. The maximum atomic E-state index is 12.6. The highest BCUT2D eigenvalue weighted by Gasteiger charge is 2.39. The number of nitrogens with one attached hydrogen (secondary N) is 2. The third-order valence-corrected chi connectivity index (χ3v) is 8.13. The summed E-state index contributed by atoms with van der Waals surface area (Å²) in [7, 11) is -3.40. The van der Waals surface area contributed by atoms with Crippen LogP contribution in [0.4, 0.5) is 0 Å².